The number of hydrogen-bond acceptors (Lipinski definition) is 4. The first kappa shape index (κ1) is 12.5. The van der Waals surface area contributed by atoms with Gasteiger partial charge in [-0.2, -0.15) is 5.10 Å². The summed E-state index contributed by atoms with van der Waals surface area (Å²) in [5, 5.41) is 4.27. The molecule has 0 aromatic carbocycles. The standard InChI is InChI=1S/C13H19N5/c1-4-6-11-16-12(9(3)13(14)17-11)10-7-15-18(5-2)8-10/h7-8H,4-6H2,1-3H3,(H2,14,16,17). The Labute approximate surface area is 107 Å². The molecule has 0 unspecified atom stereocenters. The topological polar surface area (TPSA) is 69.6 Å². The van der Waals surface area contributed by atoms with Crippen LogP contribution in [0.5, 0.6) is 0 Å². The van der Waals surface area contributed by atoms with Gasteiger partial charge < -0.3 is 5.73 Å². The van der Waals surface area contributed by atoms with Crippen molar-refractivity contribution in [3.63, 3.8) is 0 Å². The summed E-state index contributed by atoms with van der Waals surface area (Å²) in [6.07, 6.45) is 5.67. The van der Waals surface area contributed by atoms with Crippen LogP contribution in [0.25, 0.3) is 11.3 Å². The van der Waals surface area contributed by atoms with Gasteiger partial charge >= 0.3 is 0 Å². The Kier molecular flexibility index (Phi) is 3.60. The van der Waals surface area contributed by atoms with Gasteiger partial charge in [-0.3, -0.25) is 4.68 Å². The predicted molar refractivity (Wildman–Crippen MR) is 72.1 cm³/mol. The fraction of sp³-hybridized carbons (Fsp3) is 0.462. The zero-order valence-corrected chi connectivity index (χ0v) is 11.1. The first-order valence-electron chi connectivity index (χ1n) is 6.31. The molecule has 0 aliphatic heterocycles. The minimum Gasteiger partial charge on any atom is -0.383 e. The van der Waals surface area contributed by atoms with Crippen LogP contribution in [-0.2, 0) is 13.0 Å². The Morgan fingerprint density at radius 1 is 1.28 bits per heavy atom. The zero-order chi connectivity index (χ0) is 13.1. The van der Waals surface area contributed by atoms with Crippen LogP contribution in [0.2, 0.25) is 0 Å². The number of aromatic nitrogens is 4. The molecule has 0 amide bonds. The Morgan fingerprint density at radius 2 is 2.06 bits per heavy atom. The van der Waals surface area contributed by atoms with Crippen LogP contribution in [0.15, 0.2) is 12.4 Å². The maximum absolute atomic E-state index is 5.95. The maximum atomic E-state index is 5.95. The van der Waals surface area contributed by atoms with Gasteiger partial charge in [0.25, 0.3) is 0 Å². The summed E-state index contributed by atoms with van der Waals surface area (Å²) in [7, 11) is 0. The molecule has 0 atom stereocenters. The van der Waals surface area contributed by atoms with Gasteiger partial charge in [0, 0.05) is 30.3 Å². The molecule has 2 rings (SSSR count). The minimum atomic E-state index is 0.563. The molecule has 0 spiro atoms. The monoisotopic (exact) mass is 245 g/mol. The van der Waals surface area contributed by atoms with Gasteiger partial charge in [0.2, 0.25) is 0 Å². The summed E-state index contributed by atoms with van der Waals surface area (Å²) in [4.78, 5) is 8.91. The molecule has 18 heavy (non-hydrogen) atoms. The van der Waals surface area contributed by atoms with Gasteiger partial charge in [-0.25, -0.2) is 9.97 Å². The molecule has 5 nitrogen and oxygen atoms in total. The van der Waals surface area contributed by atoms with E-state index in [1.807, 2.05) is 24.0 Å². The number of nitrogens with zero attached hydrogens (tertiary/aromatic N) is 4. The van der Waals surface area contributed by atoms with Gasteiger partial charge in [-0.05, 0) is 20.3 Å². The van der Waals surface area contributed by atoms with E-state index in [9.17, 15) is 0 Å². The van der Waals surface area contributed by atoms with Gasteiger partial charge in [0.1, 0.15) is 11.6 Å². The van der Waals surface area contributed by atoms with Crippen molar-refractivity contribution in [3.8, 4) is 11.3 Å². The molecule has 96 valence electrons. The van der Waals surface area contributed by atoms with Crippen LogP contribution < -0.4 is 5.73 Å². The number of anilines is 1. The summed E-state index contributed by atoms with van der Waals surface area (Å²) in [5.41, 5.74) is 8.77. The summed E-state index contributed by atoms with van der Waals surface area (Å²) in [6, 6.07) is 0. The molecule has 0 aliphatic rings. The average Bonchev–Trinajstić information content (AvgIpc) is 2.82. The highest BCUT2D eigenvalue weighted by Crippen LogP contribution is 2.24. The SMILES string of the molecule is CCCc1nc(N)c(C)c(-c2cnn(CC)c2)n1. The normalized spacial score (nSPS) is 10.8. The molecule has 0 radical (unpaired) electrons. The van der Waals surface area contributed by atoms with E-state index in [-0.39, 0.29) is 0 Å². The molecule has 2 aromatic rings. The maximum Gasteiger partial charge on any atom is 0.131 e. The second-order valence-corrected chi connectivity index (χ2v) is 4.33. The molecule has 0 saturated heterocycles. The van der Waals surface area contributed by atoms with Crippen molar-refractivity contribution in [2.24, 2.45) is 0 Å². The third-order valence-electron chi connectivity index (χ3n) is 2.93. The summed E-state index contributed by atoms with van der Waals surface area (Å²) >= 11 is 0. The van der Waals surface area contributed by atoms with E-state index in [4.69, 9.17) is 5.73 Å². The highest BCUT2D eigenvalue weighted by atomic mass is 15.3. The molecule has 2 aromatic heterocycles. The Morgan fingerprint density at radius 3 is 2.67 bits per heavy atom. The lowest BCUT2D eigenvalue weighted by Crippen LogP contribution is -2.04. The minimum absolute atomic E-state index is 0.563. The van der Waals surface area contributed by atoms with Gasteiger partial charge in [0.05, 0.1) is 11.9 Å². The van der Waals surface area contributed by atoms with Crippen LogP contribution in [0.3, 0.4) is 0 Å². The zero-order valence-electron chi connectivity index (χ0n) is 11.1. The lowest BCUT2D eigenvalue weighted by atomic mass is 10.1. The molecular formula is C13H19N5. The number of rotatable bonds is 4. The van der Waals surface area contributed by atoms with Crippen molar-refractivity contribution >= 4 is 5.82 Å². The van der Waals surface area contributed by atoms with E-state index >= 15 is 0 Å². The van der Waals surface area contributed by atoms with Gasteiger partial charge in [0.15, 0.2) is 0 Å². The Hall–Kier alpha value is -1.91. The second kappa shape index (κ2) is 5.16. The van der Waals surface area contributed by atoms with Crippen LogP contribution in [0.4, 0.5) is 5.82 Å². The second-order valence-electron chi connectivity index (χ2n) is 4.33. The van der Waals surface area contributed by atoms with Crippen molar-refractivity contribution < 1.29 is 0 Å². The lowest BCUT2D eigenvalue weighted by molar-refractivity contribution is 0.660. The smallest absolute Gasteiger partial charge is 0.131 e. The summed E-state index contributed by atoms with van der Waals surface area (Å²) in [6.45, 7) is 6.96. The molecule has 5 heteroatoms. The van der Waals surface area contributed by atoms with Crippen molar-refractivity contribution in [2.45, 2.75) is 40.2 Å². The van der Waals surface area contributed by atoms with E-state index < -0.39 is 0 Å². The molecule has 0 bridgehead atoms. The summed E-state index contributed by atoms with van der Waals surface area (Å²) in [5.74, 6) is 1.37. The van der Waals surface area contributed by atoms with E-state index in [1.165, 1.54) is 0 Å². The fourth-order valence-electron chi connectivity index (χ4n) is 1.86. The first-order chi connectivity index (χ1) is 8.65. The molecule has 0 aliphatic carbocycles. The number of hydrogen-bond donors (Lipinski definition) is 1. The van der Waals surface area contributed by atoms with Crippen molar-refractivity contribution in [3.05, 3.63) is 23.8 Å². The number of nitrogens with two attached hydrogens (primary N) is 1. The molecule has 0 fully saturated rings. The summed E-state index contributed by atoms with van der Waals surface area (Å²) < 4.78 is 1.88. The Balaban J connectivity index is 2.48. The van der Waals surface area contributed by atoms with Gasteiger partial charge in [-0.15, -0.1) is 0 Å². The number of aryl methyl sites for hydroxylation is 2. The highest BCUT2D eigenvalue weighted by molar-refractivity contribution is 5.65. The third kappa shape index (κ3) is 2.34. The van der Waals surface area contributed by atoms with Crippen molar-refractivity contribution in [1.29, 1.82) is 0 Å². The van der Waals surface area contributed by atoms with Crippen molar-refractivity contribution in [1.82, 2.24) is 19.7 Å². The average molecular weight is 245 g/mol. The fourth-order valence-corrected chi connectivity index (χ4v) is 1.86. The lowest BCUT2D eigenvalue weighted by Gasteiger charge is -2.08. The van der Waals surface area contributed by atoms with E-state index in [0.29, 0.717) is 5.82 Å². The number of nitrogen functional groups attached to an aromatic ring is 1. The van der Waals surface area contributed by atoms with Crippen LogP contribution in [0.1, 0.15) is 31.7 Å². The third-order valence-corrected chi connectivity index (χ3v) is 2.93. The van der Waals surface area contributed by atoms with E-state index in [1.54, 1.807) is 0 Å². The first-order valence-corrected chi connectivity index (χ1v) is 6.31. The molecule has 2 heterocycles. The van der Waals surface area contributed by atoms with Crippen LogP contribution in [0, 0.1) is 6.92 Å². The molecule has 2 N–H and O–H groups in total. The largest absolute Gasteiger partial charge is 0.383 e. The Bertz CT molecular complexity index is 544. The molecule has 0 saturated carbocycles. The predicted octanol–water partition coefficient (Wildman–Crippen LogP) is 2.20. The van der Waals surface area contributed by atoms with Gasteiger partial charge in [-0.1, -0.05) is 6.92 Å². The molecular weight excluding hydrogens is 226 g/mol. The van der Waals surface area contributed by atoms with Crippen molar-refractivity contribution in [2.75, 3.05) is 5.73 Å². The quantitative estimate of drug-likeness (QED) is 0.896. The van der Waals surface area contributed by atoms with Crippen LogP contribution in [-0.4, -0.2) is 19.7 Å². The van der Waals surface area contributed by atoms with E-state index in [0.717, 1.165) is 42.0 Å². The van der Waals surface area contributed by atoms with E-state index in [2.05, 4.69) is 28.9 Å². The van der Waals surface area contributed by atoms with Crippen LogP contribution >= 0.6 is 0 Å². The highest BCUT2D eigenvalue weighted by Gasteiger charge is 2.11.